The van der Waals surface area contributed by atoms with Crippen molar-refractivity contribution in [2.45, 2.75) is 33.7 Å². The molecular weight excluding hydrogens is 469 g/mol. The third-order valence-corrected chi connectivity index (χ3v) is 6.75. The molecule has 0 N–H and O–H groups in total. The van der Waals surface area contributed by atoms with Gasteiger partial charge in [0, 0.05) is 54.6 Å². The number of hydrogen-bond acceptors (Lipinski definition) is 6. The van der Waals surface area contributed by atoms with E-state index in [0.29, 0.717) is 64.7 Å². The standard InChI is InChI=1S/C28H28FN7O/c1-17(2)28(37)34-9-10-35(19(4)14-34)26-25-22(21-7-5-6-8-23(21)29)15-36(27(25)32-16-31-26)24-12-20(13-30)11-18(3)33-24/h5-8,11-12,15-17,19H,9-10,14H2,1-4H3/t19-/m0/s1. The minimum absolute atomic E-state index is 0.00587. The van der Waals surface area contributed by atoms with Gasteiger partial charge in [-0.3, -0.25) is 9.36 Å². The molecule has 3 aromatic heterocycles. The van der Waals surface area contributed by atoms with Gasteiger partial charge < -0.3 is 9.80 Å². The molecule has 1 atom stereocenters. The van der Waals surface area contributed by atoms with Crippen molar-refractivity contribution in [3.8, 4) is 23.0 Å². The van der Waals surface area contributed by atoms with Crippen LogP contribution in [0, 0.1) is 30.0 Å². The second kappa shape index (κ2) is 9.62. The van der Waals surface area contributed by atoms with E-state index in [9.17, 15) is 10.1 Å². The average Bonchev–Trinajstić information content (AvgIpc) is 3.28. The van der Waals surface area contributed by atoms with E-state index < -0.39 is 0 Å². The largest absolute Gasteiger partial charge is 0.350 e. The maximum Gasteiger partial charge on any atom is 0.225 e. The fourth-order valence-electron chi connectivity index (χ4n) is 5.00. The molecule has 1 fully saturated rings. The Bertz CT molecular complexity index is 1540. The zero-order valence-electron chi connectivity index (χ0n) is 21.3. The van der Waals surface area contributed by atoms with Gasteiger partial charge in [-0.2, -0.15) is 5.26 Å². The second-order valence-corrected chi connectivity index (χ2v) is 9.74. The number of carbonyl (C=O) groups is 1. The van der Waals surface area contributed by atoms with Crippen LogP contribution >= 0.6 is 0 Å². The van der Waals surface area contributed by atoms with Crippen molar-refractivity contribution in [3.05, 3.63) is 66.0 Å². The zero-order chi connectivity index (χ0) is 26.3. The number of carbonyl (C=O) groups excluding carboxylic acids is 1. The molecule has 4 heterocycles. The van der Waals surface area contributed by atoms with E-state index in [0.717, 1.165) is 0 Å². The molecule has 1 aliphatic heterocycles. The Hall–Kier alpha value is -4.32. The van der Waals surface area contributed by atoms with Crippen LogP contribution in [0.15, 0.2) is 48.9 Å². The van der Waals surface area contributed by atoms with E-state index in [2.05, 4.69) is 32.8 Å². The van der Waals surface area contributed by atoms with Crippen molar-refractivity contribution >= 4 is 22.8 Å². The summed E-state index contributed by atoms with van der Waals surface area (Å²) >= 11 is 0. The molecule has 4 aromatic rings. The molecule has 8 nitrogen and oxygen atoms in total. The summed E-state index contributed by atoms with van der Waals surface area (Å²) in [5, 5.41) is 10.2. The summed E-state index contributed by atoms with van der Waals surface area (Å²) in [5.41, 5.74) is 2.80. The van der Waals surface area contributed by atoms with Gasteiger partial charge in [0.05, 0.1) is 17.0 Å². The predicted octanol–water partition coefficient (Wildman–Crippen LogP) is 4.49. The molecule has 0 aliphatic carbocycles. The highest BCUT2D eigenvalue weighted by molar-refractivity contribution is 6.02. The lowest BCUT2D eigenvalue weighted by Crippen LogP contribution is -2.54. The molecule has 37 heavy (non-hydrogen) atoms. The number of pyridine rings is 1. The Balaban J connectivity index is 1.70. The number of rotatable bonds is 4. The number of nitrogens with zero attached hydrogens (tertiary/aromatic N) is 7. The van der Waals surface area contributed by atoms with Gasteiger partial charge in [-0.05, 0) is 32.0 Å². The third kappa shape index (κ3) is 4.40. The van der Waals surface area contributed by atoms with Gasteiger partial charge in [0.2, 0.25) is 5.91 Å². The van der Waals surface area contributed by atoms with Crippen molar-refractivity contribution in [2.75, 3.05) is 24.5 Å². The summed E-state index contributed by atoms with van der Waals surface area (Å²) in [6.07, 6.45) is 3.31. The summed E-state index contributed by atoms with van der Waals surface area (Å²) in [6, 6.07) is 12.2. The molecule has 0 spiro atoms. The number of amides is 1. The first-order chi connectivity index (χ1) is 17.8. The van der Waals surface area contributed by atoms with E-state index >= 15 is 4.39 Å². The Morgan fingerprint density at radius 1 is 1.16 bits per heavy atom. The lowest BCUT2D eigenvalue weighted by molar-refractivity contribution is -0.135. The molecule has 9 heteroatoms. The van der Waals surface area contributed by atoms with Gasteiger partial charge in [-0.15, -0.1) is 0 Å². The van der Waals surface area contributed by atoms with Crippen molar-refractivity contribution in [2.24, 2.45) is 5.92 Å². The molecular formula is C28H28FN7O. The summed E-state index contributed by atoms with van der Waals surface area (Å²) in [6.45, 7) is 9.45. The Morgan fingerprint density at radius 2 is 1.95 bits per heavy atom. The molecule has 0 bridgehead atoms. The Morgan fingerprint density at radius 3 is 2.65 bits per heavy atom. The predicted molar refractivity (Wildman–Crippen MR) is 140 cm³/mol. The number of fused-ring (bicyclic) bond motifs is 1. The second-order valence-electron chi connectivity index (χ2n) is 9.74. The van der Waals surface area contributed by atoms with Gasteiger partial charge in [0.25, 0.3) is 0 Å². The molecule has 1 aliphatic rings. The summed E-state index contributed by atoms with van der Waals surface area (Å²) < 4.78 is 16.9. The monoisotopic (exact) mass is 497 g/mol. The van der Waals surface area contributed by atoms with Gasteiger partial charge in [0.1, 0.15) is 23.8 Å². The van der Waals surface area contributed by atoms with Gasteiger partial charge in [0.15, 0.2) is 5.65 Å². The smallest absolute Gasteiger partial charge is 0.225 e. The quantitative estimate of drug-likeness (QED) is 0.413. The van der Waals surface area contributed by atoms with Crippen LogP contribution in [0.3, 0.4) is 0 Å². The normalized spacial score (nSPS) is 15.9. The van der Waals surface area contributed by atoms with Crippen LogP contribution in [0.1, 0.15) is 32.0 Å². The highest BCUT2D eigenvalue weighted by Crippen LogP contribution is 2.38. The summed E-state index contributed by atoms with van der Waals surface area (Å²) in [4.78, 5) is 30.6. The lowest BCUT2D eigenvalue weighted by atomic mass is 10.0. The molecule has 0 radical (unpaired) electrons. The first-order valence-electron chi connectivity index (χ1n) is 12.3. The highest BCUT2D eigenvalue weighted by atomic mass is 19.1. The fraction of sp³-hybridized carbons (Fsp3) is 0.321. The van der Waals surface area contributed by atoms with Crippen LogP contribution in [-0.2, 0) is 4.79 Å². The number of aromatic nitrogens is 4. The van der Waals surface area contributed by atoms with Crippen LogP contribution < -0.4 is 4.90 Å². The fourth-order valence-corrected chi connectivity index (χ4v) is 5.00. The van der Waals surface area contributed by atoms with Gasteiger partial charge in [-0.25, -0.2) is 19.3 Å². The van der Waals surface area contributed by atoms with E-state index in [4.69, 9.17) is 0 Å². The zero-order valence-corrected chi connectivity index (χ0v) is 21.3. The topological polar surface area (TPSA) is 90.9 Å². The maximum atomic E-state index is 15.1. The van der Waals surface area contributed by atoms with Crippen LogP contribution in [0.4, 0.5) is 10.2 Å². The highest BCUT2D eigenvalue weighted by Gasteiger charge is 2.31. The molecule has 1 amide bonds. The first kappa shape index (κ1) is 24.4. The lowest BCUT2D eigenvalue weighted by Gasteiger charge is -2.41. The van der Waals surface area contributed by atoms with E-state index in [-0.39, 0.29) is 23.7 Å². The minimum Gasteiger partial charge on any atom is -0.350 e. The molecule has 1 saturated heterocycles. The van der Waals surface area contributed by atoms with Crippen molar-refractivity contribution in [1.82, 2.24) is 24.4 Å². The third-order valence-electron chi connectivity index (χ3n) is 6.75. The number of anilines is 1. The van der Waals surface area contributed by atoms with E-state index in [1.54, 1.807) is 34.9 Å². The first-order valence-corrected chi connectivity index (χ1v) is 12.3. The minimum atomic E-state index is -0.355. The van der Waals surface area contributed by atoms with Crippen LogP contribution in [0.2, 0.25) is 0 Å². The van der Waals surface area contributed by atoms with E-state index in [1.165, 1.54) is 12.4 Å². The molecule has 0 saturated carbocycles. The number of piperazine rings is 1. The van der Waals surface area contributed by atoms with Gasteiger partial charge >= 0.3 is 0 Å². The van der Waals surface area contributed by atoms with E-state index in [1.807, 2.05) is 31.9 Å². The number of halogens is 1. The van der Waals surface area contributed by atoms with Gasteiger partial charge in [-0.1, -0.05) is 32.0 Å². The average molecular weight is 498 g/mol. The van der Waals surface area contributed by atoms with Crippen LogP contribution in [0.25, 0.3) is 28.0 Å². The SMILES string of the molecule is Cc1cc(C#N)cc(-n2cc(-c3ccccc3F)c3c(N4CCN(C(=O)C(C)C)C[C@@H]4C)ncnc32)n1. The molecule has 0 unspecified atom stereocenters. The van der Waals surface area contributed by atoms with Crippen molar-refractivity contribution < 1.29 is 9.18 Å². The molecule has 5 rings (SSSR count). The molecule has 188 valence electrons. The van der Waals surface area contributed by atoms with Crippen LogP contribution in [-0.4, -0.2) is 56.0 Å². The molecule has 1 aromatic carbocycles. The van der Waals surface area contributed by atoms with Crippen LogP contribution in [0.5, 0.6) is 0 Å². The van der Waals surface area contributed by atoms with Crippen molar-refractivity contribution in [3.63, 3.8) is 0 Å². The summed E-state index contributed by atoms with van der Waals surface area (Å²) in [5.74, 6) is 0.919. The maximum absolute atomic E-state index is 15.1. The Labute approximate surface area is 215 Å². The Kier molecular flexibility index (Phi) is 6.34. The van der Waals surface area contributed by atoms with Crippen molar-refractivity contribution in [1.29, 1.82) is 5.26 Å². The number of aryl methyl sites for hydroxylation is 1. The number of nitriles is 1. The number of benzene rings is 1. The number of hydrogen-bond donors (Lipinski definition) is 0. The summed E-state index contributed by atoms with van der Waals surface area (Å²) in [7, 11) is 0.